The Kier molecular flexibility index (Phi) is 5.69. The molecule has 0 saturated carbocycles. The first-order valence-electron chi connectivity index (χ1n) is 5.37. The normalized spacial score (nSPS) is 10.0. The van der Waals surface area contributed by atoms with Crippen molar-refractivity contribution in [2.24, 2.45) is 0 Å². The van der Waals surface area contributed by atoms with Crippen LogP contribution in [0, 0.1) is 0 Å². The lowest BCUT2D eigenvalue weighted by atomic mass is 10.2. The van der Waals surface area contributed by atoms with Gasteiger partial charge >= 0.3 is 5.97 Å². The third-order valence-electron chi connectivity index (χ3n) is 2.05. The molecule has 1 rings (SSSR count). The fourth-order valence-corrected chi connectivity index (χ4v) is 1.52. The molecule has 0 aliphatic carbocycles. The van der Waals surface area contributed by atoms with Crippen molar-refractivity contribution in [3.8, 4) is 5.75 Å². The van der Waals surface area contributed by atoms with Crippen molar-refractivity contribution in [2.75, 3.05) is 31.0 Å². The van der Waals surface area contributed by atoms with Crippen LogP contribution >= 0.6 is 11.8 Å². The van der Waals surface area contributed by atoms with E-state index in [-0.39, 0.29) is 5.97 Å². The van der Waals surface area contributed by atoms with Crippen LogP contribution in [0.15, 0.2) is 18.2 Å². The molecule has 0 spiro atoms. The van der Waals surface area contributed by atoms with E-state index in [1.54, 1.807) is 36.9 Å². The molecule has 0 heterocycles. The zero-order valence-electron chi connectivity index (χ0n) is 10.1. The molecule has 0 atom stereocenters. The van der Waals surface area contributed by atoms with Crippen LogP contribution in [0.5, 0.6) is 5.75 Å². The lowest BCUT2D eigenvalue weighted by molar-refractivity contribution is 0.0522. The smallest absolute Gasteiger partial charge is 0.341 e. The minimum absolute atomic E-state index is 0.341. The Bertz CT molecular complexity index is 382. The Balaban J connectivity index is 2.83. The number of thioether (sulfide) groups is 1. The summed E-state index contributed by atoms with van der Waals surface area (Å²) in [5, 5.41) is 0. The van der Waals surface area contributed by atoms with E-state index in [0.29, 0.717) is 30.2 Å². The second-order valence-corrected chi connectivity index (χ2v) is 4.30. The van der Waals surface area contributed by atoms with Gasteiger partial charge in [-0.2, -0.15) is 11.8 Å². The van der Waals surface area contributed by atoms with Gasteiger partial charge in [0.1, 0.15) is 11.3 Å². The van der Waals surface area contributed by atoms with Crippen LogP contribution in [0.25, 0.3) is 0 Å². The number of nitrogens with two attached hydrogens (primary N) is 1. The van der Waals surface area contributed by atoms with Crippen molar-refractivity contribution in [3.63, 3.8) is 0 Å². The molecule has 1 aromatic carbocycles. The van der Waals surface area contributed by atoms with E-state index in [1.165, 1.54) is 0 Å². The summed E-state index contributed by atoms with van der Waals surface area (Å²) in [7, 11) is 0. The zero-order chi connectivity index (χ0) is 12.7. The molecule has 0 aliphatic heterocycles. The highest BCUT2D eigenvalue weighted by Crippen LogP contribution is 2.23. The molecule has 0 unspecified atom stereocenters. The largest absolute Gasteiger partial charge is 0.492 e. The van der Waals surface area contributed by atoms with E-state index in [1.807, 2.05) is 6.26 Å². The van der Waals surface area contributed by atoms with Gasteiger partial charge in [0.15, 0.2) is 0 Å². The van der Waals surface area contributed by atoms with Crippen LogP contribution in [0.4, 0.5) is 5.69 Å². The molecule has 0 amide bonds. The molecule has 2 N–H and O–H groups in total. The van der Waals surface area contributed by atoms with E-state index in [9.17, 15) is 4.79 Å². The van der Waals surface area contributed by atoms with Crippen molar-refractivity contribution in [1.82, 2.24) is 0 Å². The Hall–Kier alpha value is -1.36. The molecule has 0 aliphatic rings. The monoisotopic (exact) mass is 255 g/mol. The number of rotatable bonds is 6. The Morgan fingerprint density at radius 1 is 1.47 bits per heavy atom. The molecule has 17 heavy (non-hydrogen) atoms. The molecule has 4 nitrogen and oxygen atoms in total. The summed E-state index contributed by atoms with van der Waals surface area (Å²) in [6.45, 7) is 2.65. The lowest BCUT2D eigenvalue weighted by Crippen LogP contribution is -2.09. The van der Waals surface area contributed by atoms with Crippen LogP contribution < -0.4 is 10.5 Å². The predicted octanol–water partition coefficient (Wildman–Crippen LogP) is 2.19. The van der Waals surface area contributed by atoms with Crippen molar-refractivity contribution >= 4 is 23.4 Å². The van der Waals surface area contributed by atoms with Gasteiger partial charge in [-0.25, -0.2) is 4.79 Å². The van der Waals surface area contributed by atoms with Crippen molar-refractivity contribution in [3.05, 3.63) is 23.8 Å². The minimum atomic E-state index is -0.383. The Morgan fingerprint density at radius 3 is 2.88 bits per heavy atom. The maximum absolute atomic E-state index is 11.7. The van der Waals surface area contributed by atoms with E-state index >= 15 is 0 Å². The van der Waals surface area contributed by atoms with Gasteiger partial charge in [-0.05, 0) is 25.3 Å². The Morgan fingerprint density at radius 2 is 2.24 bits per heavy atom. The highest BCUT2D eigenvalue weighted by atomic mass is 32.2. The molecule has 94 valence electrons. The summed E-state index contributed by atoms with van der Waals surface area (Å²) in [6, 6.07) is 4.93. The average Bonchev–Trinajstić information content (AvgIpc) is 2.30. The number of anilines is 1. The first-order chi connectivity index (χ1) is 8.19. The number of carbonyl (C=O) groups excluding carboxylic acids is 1. The summed E-state index contributed by atoms with van der Waals surface area (Å²) >= 11 is 1.68. The first-order valence-corrected chi connectivity index (χ1v) is 6.76. The highest BCUT2D eigenvalue weighted by molar-refractivity contribution is 7.98. The van der Waals surface area contributed by atoms with Crippen LogP contribution in [0.1, 0.15) is 17.3 Å². The number of benzene rings is 1. The third kappa shape index (κ3) is 4.19. The van der Waals surface area contributed by atoms with Crippen LogP contribution in [-0.2, 0) is 4.74 Å². The lowest BCUT2D eigenvalue weighted by Gasteiger charge is -2.11. The number of hydrogen-bond acceptors (Lipinski definition) is 5. The van der Waals surface area contributed by atoms with Crippen molar-refractivity contribution in [1.29, 1.82) is 0 Å². The number of esters is 1. The third-order valence-corrected chi connectivity index (χ3v) is 2.62. The fourth-order valence-electron chi connectivity index (χ4n) is 1.27. The van der Waals surface area contributed by atoms with Crippen molar-refractivity contribution < 1.29 is 14.3 Å². The standard InChI is InChI=1S/C12H17NO3S/c1-3-15-12(14)10-5-4-9(13)8-11(10)16-6-7-17-2/h4-5,8H,3,6-7,13H2,1-2H3. The fraction of sp³-hybridized carbons (Fsp3) is 0.417. The first kappa shape index (κ1) is 13.7. The average molecular weight is 255 g/mol. The molecule has 0 radical (unpaired) electrons. The topological polar surface area (TPSA) is 61.5 Å². The summed E-state index contributed by atoms with van der Waals surface area (Å²) in [4.78, 5) is 11.7. The number of carbonyl (C=O) groups is 1. The van der Waals surface area contributed by atoms with E-state index < -0.39 is 0 Å². The van der Waals surface area contributed by atoms with Crippen LogP contribution in [0.3, 0.4) is 0 Å². The van der Waals surface area contributed by atoms with Gasteiger partial charge < -0.3 is 15.2 Å². The quantitative estimate of drug-likeness (QED) is 0.479. The van der Waals surface area contributed by atoms with Gasteiger partial charge in [0.2, 0.25) is 0 Å². The van der Waals surface area contributed by atoms with Gasteiger partial charge in [-0.15, -0.1) is 0 Å². The molecule has 1 aromatic rings. The molecular weight excluding hydrogens is 238 g/mol. The molecule has 0 fully saturated rings. The molecular formula is C12H17NO3S. The second-order valence-electron chi connectivity index (χ2n) is 3.32. The van der Waals surface area contributed by atoms with Crippen molar-refractivity contribution in [2.45, 2.75) is 6.92 Å². The second kappa shape index (κ2) is 7.06. The highest BCUT2D eigenvalue weighted by Gasteiger charge is 2.13. The minimum Gasteiger partial charge on any atom is -0.492 e. The maximum atomic E-state index is 11.7. The molecule has 0 bridgehead atoms. The van der Waals surface area contributed by atoms with Gasteiger partial charge in [-0.1, -0.05) is 0 Å². The van der Waals surface area contributed by atoms with Gasteiger partial charge in [0, 0.05) is 17.5 Å². The molecule has 5 heteroatoms. The van der Waals surface area contributed by atoms with Gasteiger partial charge in [-0.3, -0.25) is 0 Å². The van der Waals surface area contributed by atoms with E-state index in [0.717, 1.165) is 5.75 Å². The number of ether oxygens (including phenoxy) is 2. The summed E-state index contributed by atoms with van der Waals surface area (Å²) in [5.74, 6) is 0.959. The van der Waals surface area contributed by atoms with E-state index in [2.05, 4.69) is 0 Å². The summed E-state index contributed by atoms with van der Waals surface area (Å²) in [5.41, 5.74) is 6.65. The molecule has 0 aromatic heterocycles. The predicted molar refractivity (Wildman–Crippen MR) is 70.7 cm³/mol. The number of nitrogen functional groups attached to an aromatic ring is 1. The van der Waals surface area contributed by atoms with Crippen LogP contribution in [0.2, 0.25) is 0 Å². The summed E-state index contributed by atoms with van der Waals surface area (Å²) < 4.78 is 10.5. The van der Waals surface area contributed by atoms with E-state index in [4.69, 9.17) is 15.2 Å². The Labute approximate surface area is 105 Å². The van der Waals surface area contributed by atoms with Gasteiger partial charge in [0.05, 0.1) is 13.2 Å². The molecule has 0 saturated heterocycles. The number of hydrogen-bond donors (Lipinski definition) is 1. The SMILES string of the molecule is CCOC(=O)c1ccc(N)cc1OCCSC. The zero-order valence-corrected chi connectivity index (χ0v) is 10.9. The summed E-state index contributed by atoms with van der Waals surface area (Å²) in [6.07, 6.45) is 2.00. The van der Waals surface area contributed by atoms with Gasteiger partial charge in [0.25, 0.3) is 0 Å². The maximum Gasteiger partial charge on any atom is 0.341 e. The van der Waals surface area contributed by atoms with Crippen LogP contribution in [-0.4, -0.2) is 31.2 Å².